The number of carbonyl (C=O) groups excluding carboxylic acids is 1. The van der Waals surface area contributed by atoms with Gasteiger partial charge in [-0.3, -0.25) is 4.79 Å². The number of carbonyl (C=O) groups is 1. The van der Waals surface area contributed by atoms with E-state index < -0.39 is 0 Å². The van der Waals surface area contributed by atoms with Gasteiger partial charge >= 0.3 is 5.97 Å². The van der Waals surface area contributed by atoms with E-state index in [9.17, 15) is 4.79 Å². The Bertz CT molecular complexity index is 322. The van der Waals surface area contributed by atoms with Crippen LogP contribution in [0.15, 0.2) is 0 Å². The molecule has 0 fully saturated rings. The van der Waals surface area contributed by atoms with Crippen LogP contribution in [0.1, 0.15) is 143 Å². The van der Waals surface area contributed by atoms with Crippen LogP contribution in [0.25, 0.3) is 0 Å². The van der Waals surface area contributed by atoms with Crippen LogP contribution in [-0.4, -0.2) is 13.1 Å². The molecular formula is C25H50O2. The smallest absolute Gasteiger partial charge is 0.305 e. The summed E-state index contributed by atoms with van der Waals surface area (Å²) in [5.74, 6) is -0.0740. The molecule has 0 N–H and O–H groups in total. The molecule has 0 aliphatic rings. The summed E-state index contributed by atoms with van der Waals surface area (Å²) < 4.78 is 4.74. The summed E-state index contributed by atoms with van der Waals surface area (Å²) in [7, 11) is 1.48. The van der Waals surface area contributed by atoms with Gasteiger partial charge in [0, 0.05) is 6.42 Å². The monoisotopic (exact) mass is 382 g/mol. The minimum Gasteiger partial charge on any atom is -0.469 e. The van der Waals surface area contributed by atoms with E-state index in [1.807, 2.05) is 0 Å². The molecule has 0 aliphatic heterocycles. The molecule has 0 unspecified atom stereocenters. The summed E-state index contributed by atoms with van der Waals surface area (Å²) in [5.41, 5.74) is 0.268. The number of rotatable bonds is 20. The van der Waals surface area contributed by atoms with Gasteiger partial charge in [0.1, 0.15) is 0 Å². The van der Waals surface area contributed by atoms with Crippen LogP contribution in [0, 0.1) is 5.41 Å². The van der Waals surface area contributed by atoms with E-state index in [1.54, 1.807) is 0 Å². The van der Waals surface area contributed by atoms with Crippen molar-refractivity contribution in [2.24, 2.45) is 5.41 Å². The molecular weight excluding hydrogens is 332 g/mol. The summed E-state index contributed by atoms with van der Waals surface area (Å²) in [5, 5.41) is 0. The minimum absolute atomic E-state index is 0.0740. The van der Waals surface area contributed by atoms with Gasteiger partial charge in [-0.05, 0) is 18.3 Å². The predicted molar refractivity (Wildman–Crippen MR) is 119 cm³/mol. The summed E-state index contributed by atoms with van der Waals surface area (Å²) in [6.07, 6.45) is 25.4. The van der Waals surface area contributed by atoms with Crippen LogP contribution in [0.2, 0.25) is 0 Å². The maximum atomic E-state index is 11.3. The summed E-state index contributed by atoms with van der Waals surface area (Å²) >= 11 is 0. The molecule has 2 nitrogen and oxygen atoms in total. The number of hydrogen-bond acceptors (Lipinski definition) is 2. The maximum Gasteiger partial charge on any atom is 0.305 e. The van der Waals surface area contributed by atoms with Gasteiger partial charge in [0.2, 0.25) is 0 Å². The van der Waals surface area contributed by atoms with Crippen molar-refractivity contribution < 1.29 is 9.53 Å². The largest absolute Gasteiger partial charge is 0.469 e. The first-order chi connectivity index (χ1) is 13.0. The first-order valence-electron chi connectivity index (χ1n) is 12.1. The van der Waals surface area contributed by atoms with Gasteiger partial charge in [0.15, 0.2) is 0 Å². The van der Waals surface area contributed by atoms with Gasteiger partial charge in [-0.15, -0.1) is 0 Å². The Morgan fingerprint density at radius 3 is 1.37 bits per heavy atom. The second-order valence-corrected chi connectivity index (χ2v) is 9.29. The normalized spacial score (nSPS) is 11.7. The van der Waals surface area contributed by atoms with Crippen molar-refractivity contribution >= 4 is 5.97 Å². The average molecular weight is 383 g/mol. The van der Waals surface area contributed by atoms with Crippen molar-refractivity contribution in [3.63, 3.8) is 0 Å². The molecule has 0 aromatic rings. The zero-order valence-corrected chi connectivity index (χ0v) is 19.3. The van der Waals surface area contributed by atoms with Gasteiger partial charge in [0.25, 0.3) is 0 Å². The highest BCUT2D eigenvalue weighted by Crippen LogP contribution is 2.29. The lowest BCUT2D eigenvalue weighted by molar-refractivity contribution is -0.141. The fraction of sp³-hybridized carbons (Fsp3) is 0.960. The molecule has 0 aromatic carbocycles. The molecule has 0 rings (SSSR count). The maximum absolute atomic E-state index is 11.3. The molecule has 162 valence electrons. The molecule has 0 atom stereocenters. The van der Waals surface area contributed by atoms with Crippen molar-refractivity contribution in [3.05, 3.63) is 0 Å². The highest BCUT2D eigenvalue weighted by Gasteiger charge is 2.18. The van der Waals surface area contributed by atoms with Crippen molar-refractivity contribution in [2.75, 3.05) is 7.11 Å². The van der Waals surface area contributed by atoms with E-state index in [1.165, 1.54) is 116 Å². The lowest BCUT2D eigenvalue weighted by Crippen LogP contribution is -2.14. The molecule has 0 spiro atoms. The lowest BCUT2D eigenvalue weighted by Gasteiger charge is -2.23. The second kappa shape index (κ2) is 18.8. The van der Waals surface area contributed by atoms with Crippen molar-refractivity contribution in [1.82, 2.24) is 0 Å². The predicted octanol–water partition coefficient (Wildman–Crippen LogP) is 8.62. The van der Waals surface area contributed by atoms with Gasteiger partial charge in [0.05, 0.1) is 7.11 Å². The van der Waals surface area contributed by atoms with E-state index in [0.29, 0.717) is 6.42 Å². The minimum atomic E-state index is -0.0740. The van der Waals surface area contributed by atoms with Crippen molar-refractivity contribution in [1.29, 1.82) is 0 Å². The van der Waals surface area contributed by atoms with Gasteiger partial charge in [-0.1, -0.05) is 124 Å². The lowest BCUT2D eigenvalue weighted by atomic mass is 9.82. The fourth-order valence-corrected chi connectivity index (χ4v) is 3.82. The topological polar surface area (TPSA) is 26.3 Å². The fourth-order valence-electron chi connectivity index (χ4n) is 3.82. The zero-order valence-electron chi connectivity index (χ0n) is 19.3. The molecule has 2 heteroatoms. The number of hydrogen-bond donors (Lipinski definition) is 0. The van der Waals surface area contributed by atoms with Crippen LogP contribution in [0.5, 0.6) is 0 Å². The summed E-state index contributed by atoms with van der Waals surface area (Å²) in [6.45, 7) is 6.85. The highest BCUT2D eigenvalue weighted by atomic mass is 16.5. The quantitative estimate of drug-likeness (QED) is 0.155. The molecule has 0 aliphatic carbocycles. The number of unbranched alkanes of at least 4 members (excludes halogenated alkanes) is 15. The molecule has 27 heavy (non-hydrogen) atoms. The molecule has 0 radical (unpaired) electrons. The van der Waals surface area contributed by atoms with E-state index >= 15 is 0 Å². The van der Waals surface area contributed by atoms with Crippen LogP contribution in [-0.2, 0) is 9.53 Å². The Kier molecular flexibility index (Phi) is 18.4. The molecule has 0 aromatic heterocycles. The second-order valence-electron chi connectivity index (χ2n) is 9.29. The molecule has 0 saturated carbocycles. The SMILES string of the molecule is CCCCCCCCCCCCCCCCCCC(C)(C)CCC(=O)OC. The van der Waals surface area contributed by atoms with Gasteiger partial charge < -0.3 is 4.74 Å². The Morgan fingerprint density at radius 2 is 1.00 bits per heavy atom. The van der Waals surface area contributed by atoms with Crippen LogP contribution >= 0.6 is 0 Å². The Labute approximate surface area is 171 Å². The molecule has 0 heterocycles. The molecule has 0 amide bonds. The molecule has 0 saturated heterocycles. The van der Waals surface area contributed by atoms with Crippen LogP contribution in [0.4, 0.5) is 0 Å². The first kappa shape index (κ1) is 26.5. The average Bonchev–Trinajstić information content (AvgIpc) is 2.65. The number of ether oxygens (including phenoxy) is 1. The number of methoxy groups -OCH3 is 1. The molecule has 0 bridgehead atoms. The summed E-state index contributed by atoms with van der Waals surface area (Å²) in [6, 6.07) is 0. The van der Waals surface area contributed by atoms with E-state index in [-0.39, 0.29) is 11.4 Å². The van der Waals surface area contributed by atoms with Crippen LogP contribution in [0.3, 0.4) is 0 Å². The Morgan fingerprint density at radius 1 is 0.630 bits per heavy atom. The van der Waals surface area contributed by atoms with E-state index in [4.69, 9.17) is 4.74 Å². The van der Waals surface area contributed by atoms with Crippen molar-refractivity contribution in [2.45, 2.75) is 143 Å². The summed E-state index contributed by atoms with van der Waals surface area (Å²) in [4.78, 5) is 11.3. The Hall–Kier alpha value is -0.530. The van der Waals surface area contributed by atoms with Crippen LogP contribution < -0.4 is 0 Å². The third-order valence-corrected chi connectivity index (χ3v) is 5.94. The first-order valence-corrected chi connectivity index (χ1v) is 12.1. The van der Waals surface area contributed by atoms with Crippen molar-refractivity contribution in [3.8, 4) is 0 Å². The standard InChI is InChI=1S/C25H50O2/c1-5-6-7-8-9-10-11-12-13-14-15-16-17-18-19-20-22-25(2,3)23-21-24(26)27-4/h5-23H2,1-4H3. The van der Waals surface area contributed by atoms with Gasteiger partial charge in [-0.25, -0.2) is 0 Å². The van der Waals surface area contributed by atoms with E-state index in [0.717, 1.165) is 6.42 Å². The zero-order chi connectivity index (χ0) is 20.2. The third-order valence-electron chi connectivity index (χ3n) is 5.94. The van der Waals surface area contributed by atoms with Gasteiger partial charge in [-0.2, -0.15) is 0 Å². The highest BCUT2D eigenvalue weighted by molar-refractivity contribution is 5.69. The van der Waals surface area contributed by atoms with E-state index in [2.05, 4.69) is 20.8 Å². The third kappa shape index (κ3) is 20.0. The number of esters is 1. The Balaban J connectivity index is 3.25.